The Morgan fingerprint density at radius 2 is 1.59 bits per heavy atom. The molecule has 3 N–H and O–H groups in total. The molecule has 2 aromatic carbocycles. The topological polar surface area (TPSA) is 121 Å². The average Bonchev–Trinajstić information content (AvgIpc) is 2.68. The third kappa shape index (κ3) is 6.36. The molecule has 0 aliphatic rings. The molecule has 2 rings (SSSR count). The lowest BCUT2D eigenvalue weighted by atomic mass is 9.95. The molecule has 32 heavy (non-hydrogen) atoms. The summed E-state index contributed by atoms with van der Waals surface area (Å²) in [7, 11) is 0.557. The largest absolute Gasteiger partial charge is 0.346 e. The number of carbonyl (C=O) groups excluding carboxylic acids is 3. The number of amides is 2. The molecule has 0 atom stereocenters. The maximum absolute atomic E-state index is 14.3. The SMILES string of the molecule is [B]C(=O)CNC(=O)c1cc(F)c(NS(=O)(=O)c2ccc(NC(=O)C(C)(C)C)cc2)cc1F. The van der Waals surface area contributed by atoms with E-state index in [4.69, 9.17) is 7.85 Å². The van der Waals surface area contributed by atoms with Gasteiger partial charge in [-0.15, -0.1) is 0 Å². The third-order valence-corrected chi connectivity index (χ3v) is 5.45. The summed E-state index contributed by atoms with van der Waals surface area (Å²) >= 11 is 0. The van der Waals surface area contributed by atoms with Crippen LogP contribution in [0.2, 0.25) is 0 Å². The van der Waals surface area contributed by atoms with E-state index in [1.54, 1.807) is 20.8 Å². The predicted molar refractivity (Wildman–Crippen MR) is 115 cm³/mol. The van der Waals surface area contributed by atoms with E-state index >= 15 is 0 Å². The summed E-state index contributed by atoms with van der Waals surface area (Å²) in [6, 6.07) is 6.06. The molecule has 0 spiro atoms. The van der Waals surface area contributed by atoms with E-state index in [-0.39, 0.29) is 10.8 Å². The van der Waals surface area contributed by atoms with E-state index in [0.29, 0.717) is 17.8 Å². The van der Waals surface area contributed by atoms with Crippen molar-refractivity contribution in [2.24, 2.45) is 5.41 Å². The number of anilines is 2. The highest BCUT2D eigenvalue weighted by Gasteiger charge is 2.23. The number of rotatable bonds is 7. The second-order valence-corrected chi connectivity index (χ2v) is 9.48. The smallest absolute Gasteiger partial charge is 0.261 e. The maximum atomic E-state index is 14.3. The number of halogens is 2. The van der Waals surface area contributed by atoms with Crippen molar-refractivity contribution >= 4 is 46.7 Å². The second kappa shape index (κ2) is 9.47. The van der Waals surface area contributed by atoms with Gasteiger partial charge in [-0.05, 0) is 30.3 Å². The lowest BCUT2D eigenvalue weighted by Gasteiger charge is -2.17. The van der Waals surface area contributed by atoms with Crippen LogP contribution in [0.4, 0.5) is 20.2 Å². The summed E-state index contributed by atoms with van der Waals surface area (Å²) in [6.45, 7) is 4.56. The Balaban J connectivity index is 2.21. The summed E-state index contributed by atoms with van der Waals surface area (Å²) < 4.78 is 55.6. The fourth-order valence-electron chi connectivity index (χ4n) is 2.30. The van der Waals surface area contributed by atoms with Gasteiger partial charge in [-0.25, -0.2) is 17.2 Å². The van der Waals surface area contributed by atoms with Gasteiger partial charge in [0.25, 0.3) is 15.9 Å². The van der Waals surface area contributed by atoms with E-state index in [2.05, 4.69) is 5.32 Å². The standard InChI is InChI=1S/C20H20BF2N3O5S/c1-20(2,3)19(29)25-11-4-6-12(7-5-11)32(30,31)26-16-9-14(22)13(8-15(16)23)18(28)24-10-17(21)27/h4-9,26H,10H2,1-3H3,(H,24,28)(H,25,29). The van der Waals surface area contributed by atoms with Gasteiger partial charge in [0, 0.05) is 17.2 Å². The molecule has 0 saturated heterocycles. The zero-order chi connectivity index (χ0) is 24.3. The lowest BCUT2D eigenvalue weighted by molar-refractivity contribution is -0.123. The van der Waals surface area contributed by atoms with Gasteiger partial charge in [0.2, 0.25) is 5.91 Å². The highest BCUT2D eigenvalue weighted by Crippen LogP contribution is 2.24. The number of nitrogens with one attached hydrogen (secondary N) is 3. The first-order chi connectivity index (χ1) is 14.7. The van der Waals surface area contributed by atoms with Gasteiger partial charge >= 0.3 is 0 Å². The van der Waals surface area contributed by atoms with E-state index in [9.17, 15) is 31.6 Å². The first kappa shape index (κ1) is 25.0. The summed E-state index contributed by atoms with van der Waals surface area (Å²) in [5, 5.41) is 4.63. The van der Waals surface area contributed by atoms with Crippen LogP contribution in [0, 0.1) is 17.0 Å². The molecule has 0 unspecified atom stereocenters. The Morgan fingerprint density at radius 3 is 2.12 bits per heavy atom. The Morgan fingerprint density at radius 1 is 1.00 bits per heavy atom. The summed E-state index contributed by atoms with van der Waals surface area (Å²) in [6.07, 6.45) is 0. The summed E-state index contributed by atoms with van der Waals surface area (Å²) in [5.41, 5.74) is -2.64. The van der Waals surface area contributed by atoms with E-state index in [1.807, 2.05) is 10.0 Å². The molecular formula is C20H20BF2N3O5S. The van der Waals surface area contributed by atoms with Gasteiger partial charge < -0.3 is 15.4 Å². The summed E-state index contributed by atoms with van der Waals surface area (Å²) in [4.78, 5) is 34.2. The third-order valence-electron chi connectivity index (χ3n) is 4.07. The molecule has 0 bridgehead atoms. The van der Waals surface area contributed by atoms with Crippen LogP contribution in [0.1, 0.15) is 31.1 Å². The van der Waals surface area contributed by atoms with Gasteiger partial charge in [0.05, 0.1) is 28.4 Å². The molecule has 2 aromatic rings. The molecule has 0 saturated carbocycles. The molecule has 0 aliphatic heterocycles. The van der Waals surface area contributed by atoms with Crippen LogP contribution in [-0.4, -0.2) is 40.3 Å². The van der Waals surface area contributed by atoms with Crippen LogP contribution in [0.25, 0.3) is 0 Å². The van der Waals surface area contributed by atoms with E-state index in [1.165, 1.54) is 24.3 Å². The molecule has 0 aliphatic carbocycles. The fourth-order valence-corrected chi connectivity index (χ4v) is 3.36. The fraction of sp³-hybridized carbons (Fsp3) is 0.250. The van der Waals surface area contributed by atoms with Crippen molar-refractivity contribution in [3.63, 3.8) is 0 Å². The zero-order valence-corrected chi connectivity index (χ0v) is 18.3. The number of carbonyl (C=O) groups is 3. The number of benzene rings is 2. The van der Waals surface area contributed by atoms with Crippen LogP contribution >= 0.6 is 0 Å². The Kier molecular flexibility index (Phi) is 7.40. The van der Waals surface area contributed by atoms with E-state index in [0.717, 1.165) is 0 Å². The molecule has 0 heterocycles. The maximum Gasteiger partial charge on any atom is 0.261 e. The lowest BCUT2D eigenvalue weighted by Crippen LogP contribution is -2.30. The monoisotopic (exact) mass is 463 g/mol. The molecule has 0 aromatic heterocycles. The van der Waals surface area contributed by atoms with Crippen LogP contribution in [0.3, 0.4) is 0 Å². The van der Waals surface area contributed by atoms with Gasteiger partial charge in [-0.3, -0.25) is 14.3 Å². The normalized spacial score (nSPS) is 11.5. The van der Waals surface area contributed by atoms with Gasteiger partial charge in [0.1, 0.15) is 11.6 Å². The van der Waals surface area contributed by atoms with Gasteiger partial charge in [-0.2, -0.15) is 0 Å². The molecule has 8 nitrogen and oxygen atoms in total. The minimum atomic E-state index is -4.31. The van der Waals surface area contributed by atoms with Crippen molar-refractivity contribution in [3.05, 3.63) is 53.6 Å². The number of sulfonamides is 1. The quantitative estimate of drug-likeness (QED) is 0.544. The minimum absolute atomic E-state index is 0.269. The van der Waals surface area contributed by atoms with Gasteiger partial charge in [0.15, 0.2) is 7.85 Å². The average molecular weight is 463 g/mol. The van der Waals surface area contributed by atoms with Crippen molar-refractivity contribution in [3.8, 4) is 0 Å². The number of hydrogen-bond acceptors (Lipinski definition) is 5. The summed E-state index contributed by atoms with van der Waals surface area (Å²) in [5.74, 6) is -3.80. The Labute approximate surface area is 185 Å². The van der Waals surface area contributed by atoms with Crippen LogP contribution in [-0.2, 0) is 19.6 Å². The first-order valence-corrected chi connectivity index (χ1v) is 10.7. The van der Waals surface area contributed by atoms with Crippen LogP contribution in [0.15, 0.2) is 41.3 Å². The highest BCUT2D eigenvalue weighted by atomic mass is 32.2. The Bertz CT molecular complexity index is 1160. The molecule has 2 amide bonds. The van der Waals surface area contributed by atoms with Gasteiger partial charge in [-0.1, -0.05) is 20.8 Å². The zero-order valence-electron chi connectivity index (χ0n) is 17.5. The van der Waals surface area contributed by atoms with E-state index < -0.39 is 56.5 Å². The van der Waals surface area contributed by atoms with Crippen LogP contribution < -0.4 is 15.4 Å². The molecule has 168 valence electrons. The Hall–Kier alpha value is -3.28. The molecule has 0 fully saturated rings. The van der Waals surface area contributed by atoms with Crippen molar-refractivity contribution in [2.75, 3.05) is 16.6 Å². The minimum Gasteiger partial charge on any atom is -0.346 e. The second-order valence-electron chi connectivity index (χ2n) is 7.79. The molecule has 2 radical (unpaired) electrons. The molecular weight excluding hydrogens is 443 g/mol. The molecule has 12 heteroatoms. The predicted octanol–water partition coefficient (Wildman–Crippen LogP) is 2.18. The van der Waals surface area contributed by atoms with Crippen molar-refractivity contribution < 1.29 is 31.6 Å². The van der Waals surface area contributed by atoms with Crippen molar-refractivity contribution in [1.29, 1.82) is 0 Å². The van der Waals surface area contributed by atoms with Crippen molar-refractivity contribution in [2.45, 2.75) is 25.7 Å². The number of hydrogen-bond donors (Lipinski definition) is 3. The van der Waals surface area contributed by atoms with Crippen molar-refractivity contribution in [1.82, 2.24) is 5.32 Å². The first-order valence-electron chi connectivity index (χ1n) is 9.20. The highest BCUT2D eigenvalue weighted by molar-refractivity contribution is 7.92. The van der Waals surface area contributed by atoms with Crippen LogP contribution in [0.5, 0.6) is 0 Å².